The molecular weight excluding hydrogens is 204 g/mol. The molecule has 0 spiro atoms. The molecule has 0 fully saturated rings. The van der Waals surface area contributed by atoms with E-state index < -0.39 is 0 Å². The molecule has 16 heavy (non-hydrogen) atoms. The maximum atomic E-state index is 5.22. The fraction of sp³-hybridized carbons (Fsp3) is 0.333. The largest absolute Gasteiger partial charge is 0.387 e. The first-order valence-electron chi connectivity index (χ1n) is 5.51. The fourth-order valence-electron chi connectivity index (χ4n) is 1.54. The van der Waals surface area contributed by atoms with Gasteiger partial charge < -0.3 is 9.68 Å². The van der Waals surface area contributed by atoms with Gasteiger partial charge in [-0.3, -0.25) is 0 Å². The predicted octanol–water partition coefficient (Wildman–Crippen LogP) is 2.41. The lowest BCUT2D eigenvalue weighted by Crippen LogP contribution is -2.10. The lowest BCUT2D eigenvalue weighted by molar-refractivity contribution is 0.123. The van der Waals surface area contributed by atoms with Crippen molar-refractivity contribution in [3.05, 3.63) is 48.2 Å². The van der Waals surface area contributed by atoms with E-state index in [4.69, 9.17) is 9.68 Å². The molecule has 0 atom stereocenters. The molecule has 2 rings (SSSR count). The number of unbranched alkanes of at least 4 members (excludes halogenated alkanes) is 1. The highest BCUT2D eigenvalue weighted by Gasteiger charge is 2.03. The fourth-order valence-corrected chi connectivity index (χ4v) is 1.54. The van der Waals surface area contributed by atoms with Gasteiger partial charge in [0.15, 0.2) is 0 Å². The Labute approximate surface area is 95.2 Å². The molecule has 0 aromatic rings. The van der Waals surface area contributed by atoms with Crippen LogP contribution in [-0.4, -0.2) is 0 Å². The molecule has 0 radical (unpaired) electrons. The molecule has 4 nitrogen and oxygen atoms in total. The molecule has 0 amide bonds. The molecule has 0 aliphatic carbocycles. The quantitative estimate of drug-likeness (QED) is 0.698. The van der Waals surface area contributed by atoms with Crippen LogP contribution >= 0.6 is 0 Å². The van der Waals surface area contributed by atoms with E-state index in [0.29, 0.717) is 0 Å². The van der Waals surface area contributed by atoms with Gasteiger partial charge in [-0.15, -0.1) is 0 Å². The van der Waals surface area contributed by atoms with Crippen molar-refractivity contribution in [2.45, 2.75) is 25.7 Å². The zero-order valence-electron chi connectivity index (χ0n) is 9.11. The average molecular weight is 220 g/mol. The zero-order valence-corrected chi connectivity index (χ0v) is 9.11. The minimum Gasteiger partial charge on any atom is -0.387 e. The van der Waals surface area contributed by atoms with Crippen LogP contribution in [0.3, 0.4) is 0 Å². The second kappa shape index (κ2) is 5.90. The maximum Gasteiger partial charge on any atom is 0.132 e. The van der Waals surface area contributed by atoms with Crippen LogP contribution in [0.1, 0.15) is 25.7 Å². The van der Waals surface area contributed by atoms with Crippen molar-refractivity contribution in [1.82, 2.24) is 11.0 Å². The highest BCUT2D eigenvalue weighted by molar-refractivity contribution is 5.10. The van der Waals surface area contributed by atoms with Crippen LogP contribution in [-0.2, 0) is 9.68 Å². The van der Waals surface area contributed by atoms with Gasteiger partial charge in [-0.2, -0.15) is 0 Å². The van der Waals surface area contributed by atoms with E-state index in [-0.39, 0.29) is 0 Å². The van der Waals surface area contributed by atoms with E-state index in [1.165, 1.54) is 0 Å². The summed E-state index contributed by atoms with van der Waals surface area (Å²) in [5.41, 5.74) is 5.44. The average Bonchev–Trinajstić information content (AvgIpc) is 2.37. The van der Waals surface area contributed by atoms with E-state index in [1.807, 2.05) is 24.3 Å². The number of rotatable bonds is 5. The monoisotopic (exact) mass is 220 g/mol. The Kier molecular flexibility index (Phi) is 3.94. The third kappa shape index (κ3) is 3.38. The first-order chi connectivity index (χ1) is 7.95. The number of allylic oxidation sites excluding steroid dienone is 6. The molecule has 2 N–H and O–H groups in total. The summed E-state index contributed by atoms with van der Waals surface area (Å²) in [5, 5.41) is 0. The SMILES string of the molecule is C1=CNOC(CCCCC2=CC=CNO2)=C1. The summed E-state index contributed by atoms with van der Waals surface area (Å²) in [6.45, 7) is 0. The van der Waals surface area contributed by atoms with Gasteiger partial charge in [0.2, 0.25) is 0 Å². The van der Waals surface area contributed by atoms with Crippen molar-refractivity contribution in [3.63, 3.8) is 0 Å². The Balaban J connectivity index is 1.61. The minimum absolute atomic E-state index is 0.952. The van der Waals surface area contributed by atoms with Gasteiger partial charge in [0.25, 0.3) is 0 Å². The summed E-state index contributed by atoms with van der Waals surface area (Å²) in [6.07, 6.45) is 15.5. The lowest BCUT2D eigenvalue weighted by atomic mass is 10.1. The first-order valence-corrected chi connectivity index (χ1v) is 5.51. The van der Waals surface area contributed by atoms with Crippen molar-refractivity contribution in [2.24, 2.45) is 0 Å². The summed E-state index contributed by atoms with van der Waals surface area (Å²) in [5.74, 6) is 1.97. The predicted molar refractivity (Wildman–Crippen MR) is 61.4 cm³/mol. The molecule has 0 unspecified atom stereocenters. The van der Waals surface area contributed by atoms with E-state index in [0.717, 1.165) is 37.2 Å². The van der Waals surface area contributed by atoms with Crippen LogP contribution in [0.25, 0.3) is 0 Å². The highest BCUT2D eigenvalue weighted by Crippen LogP contribution is 2.15. The molecule has 2 aliphatic rings. The summed E-state index contributed by atoms with van der Waals surface area (Å²) in [4.78, 5) is 10.4. The molecule has 0 bridgehead atoms. The Hall–Kier alpha value is -1.84. The molecule has 0 saturated carbocycles. The van der Waals surface area contributed by atoms with Crippen LogP contribution in [0.4, 0.5) is 0 Å². The number of hydroxylamine groups is 2. The number of nitrogens with one attached hydrogen (secondary N) is 2. The third-order valence-corrected chi connectivity index (χ3v) is 2.37. The molecule has 0 aromatic heterocycles. The Morgan fingerprint density at radius 3 is 1.69 bits per heavy atom. The van der Waals surface area contributed by atoms with Crippen molar-refractivity contribution in [3.8, 4) is 0 Å². The second-order valence-corrected chi connectivity index (χ2v) is 3.63. The molecule has 2 heterocycles. The van der Waals surface area contributed by atoms with Gasteiger partial charge in [-0.1, -0.05) is 0 Å². The van der Waals surface area contributed by atoms with Crippen LogP contribution in [0.5, 0.6) is 0 Å². The van der Waals surface area contributed by atoms with Gasteiger partial charge in [-0.05, 0) is 37.1 Å². The van der Waals surface area contributed by atoms with Crippen molar-refractivity contribution in [1.29, 1.82) is 0 Å². The van der Waals surface area contributed by atoms with Crippen molar-refractivity contribution < 1.29 is 9.68 Å². The maximum absolute atomic E-state index is 5.22. The van der Waals surface area contributed by atoms with Gasteiger partial charge in [0.1, 0.15) is 11.5 Å². The lowest BCUT2D eigenvalue weighted by Gasteiger charge is -2.13. The van der Waals surface area contributed by atoms with Crippen LogP contribution in [0, 0.1) is 0 Å². The molecule has 86 valence electrons. The van der Waals surface area contributed by atoms with Gasteiger partial charge in [-0.25, -0.2) is 11.0 Å². The van der Waals surface area contributed by atoms with E-state index in [9.17, 15) is 0 Å². The summed E-state index contributed by atoms with van der Waals surface area (Å²) in [7, 11) is 0. The van der Waals surface area contributed by atoms with Crippen LogP contribution in [0.15, 0.2) is 48.2 Å². The summed E-state index contributed by atoms with van der Waals surface area (Å²) < 4.78 is 0. The Morgan fingerprint density at radius 1 is 0.812 bits per heavy atom. The molecule has 4 heteroatoms. The summed E-state index contributed by atoms with van der Waals surface area (Å²) in [6, 6.07) is 0. The van der Waals surface area contributed by atoms with Crippen LogP contribution < -0.4 is 11.0 Å². The zero-order chi connectivity index (χ0) is 11.1. The summed E-state index contributed by atoms with van der Waals surface area (Å²) >= 11 is 0. The van der Waals surface area contributed by atoms with E-state index in [2.05, 4.69) is 11.0 Å². The van der Waals surface area contributed by atoms with Crippen LogP contribution in [0.2, 0.25) is 0 Å². The van der Waals surface area contributed by atoms with Gasteiger partial charge in [0.05, 0.1) is 0 Å². The standard InChI is InChI=1S/C12H16N2O2/c1(5-11-7-3-9-13-15-11)2-6-12-8-4-10-14-16-12/h3-4,7-10,13-14H,1-2,5-6H2. The molecule has 2 aliphatic heterocycles. The number of hydrogen-bond acceptors (Lipinski definition) is 4. The number of hydrogen-bond donors (Lipinski definition) is 2. The normalized spacial score (nSPS) is 17.5. The van der Waals surface area contributed by atoms with E-state index >= 15 is 0 Å². The Morgan fingerprint density at radius 2 is 1.31 bits per heavy atom. The molecule has 0 saturated heterocycles. The van der Waals surface area contributed by atoms with Gasteiger partial charge >= 0.3 is 0 Å². The highest BCUT2D eigenvalue weighted by atomic mass is 16.7. The van der Waals surface area contributed by atoms with Crippen molar-refractivity contribution in [2.75, 3.05) is 0 Å². The minimum atomic E-state index is 0.952. The third-order valence-electron chi connectivity index (χ3n) is 2.37. The second-order valence-electron chi connectivity index (χ2n) is 3.63. The van der Waals surface area contributed by atoms with E-state index in [1.54, 1.807) is 12.4 Å². The van der Waals surface area contributed by atoms with Crippen molar-refractivity contribution >= 4 is 0 Å². The van der Waals surface area contributed by atoms with Gasteiger partial charge in [0, 0.05) is 25.2 Å². The topological polar surface area (TPSA) is 42.5 Å². The Bertz CT molecular complexity index is 309. The molecule has 0 aromatic carbocycles. The molecular formula is C12H16N2O2. The smallest absolute Gasteiger partial charge is 0.132 e. The first kappa shape index (κ1) is 10.7.